The predicted octanol–water partition coefficient (Wildman–Crippen LogP) is 0.810. The highest BCUT2D eigenvalue weighted by molar-refractivity contribution is 5.90. The third-order valence-electron chi connectivity index (χ3n) is 2.95. The predicted molar refractivity (Wildman–Crippen MR) is 47.3 cm³/mol. The molecule has 1 aliphatic carbocycles. The van der Waals surface area contributed by atoms with Crippen molar-refractivity contribution in [2.24, 2.45) is 5.92 Å². The molecule has 0 aromatic heterocycles. The van der Waals surface area contributed by atoms with Crippen LogP contribution in [0.4, 0.5) is 0 Å². The summed E-state index contributed by atoms with van der Waals surface area (Å²) in [7, 11) is 0. The quantitative estimate of drug-likeness (QED) is 0.372. The van der Waals surface area contributed by atoms with E-state index in [1.54, 1.807) is 0 Å². The van der Waals surface area contributed by atoms with Crippen LogP contribution in [0.3, 0.4) is 0 Å². The van der Waals surface area contributed by atoms with Crippen molar-refractivity contribution in [3.8, 4) is 0 Å². The van der Waals surface area contributed by atoms with Crippen molar-refractivity contribution in [3.05, 3.63) is 12.2 Å². The normalized spacial score (nSPS) is 36.1. The maximum absolute atomic E-state index is 11.2. The second kappa shape index (κ2) is 3.44. The molecule has 0 spiro atoms. The van der Waals surface area contributed by atoms with Crippen LogP contribution in [0.25, 0.3) is 0 Å². The van der Waals surface area contributed by atoms with Gasteiger partial charge in [0.1, 0.15) is 12.2 Å². The van der Waals surface area contributed by atoms with Gasteiger partial charge >= 0.3 is 5.97 Å². The fraction of sp³-hybridized carbons (Fsp3) is 0.600. The lowest BCUT2D eigenvalue weighted by molar-refractivity contribution is -0.155. The number of hydrogen-bond donors (Lipinski definition) is 0. The zero-order valence-electron chi connectivity index (χ0n) is 7.77. The van der Waals surface area contributed by atoms with E-state index in [-0.39, 0.29) is 24.1 Å². The average Bonchev–Trinajstić information content (AvgIpc) is 2.46. The molecule has 4 nitrogen and oxygen atoms in total. The van der Waals surface area contributed by atoms with E-state index in [9.17, 15) is 9.59 Å². The molecule has 14 heavy (non-hydrogen) atoms. The number of carbonyl (C=O) groups is 2. The minimum absolute atomic E-state index is 0.0428. The van der Waals surface area contributed by atoms with Gasteiger partial charge in [0.05, 0.1) is 0 Å². The standard InChI is InChI=1S/C10H12O4/c1-6-7-3-2-4-8(13-5-11)9(7)14-10(6)12/h5,7-9H,1-4H2. The van der Waals surface area contributed by atoms with Gasteiger partial charge in [-0.1, -0.05) is 6.58 Å². The maximum atomic E-state index is 11.2. The minimum Gasteiger partial charge on any atom is -0.461 e. The van der Waals surface area contributed by atoms with Gasteiger partial charge < -0.3 is 9.47 Å². The summed E-state index contributed by atoms with van der Waals surface area (Å²) in [6, 6.07) is 0. The van der Waals surface area contributed by atoms with Crippen molar-refractivity contribution in [1.82, 2.24) is 0 Å². The molecular formula is C10H12O4. The third-order valence-corrected chi connectivity index (χ3v) is 2.95. The summed E-state index contributed by atoms with van der Waals surface area (Å²) < 4.78 is 10.0. The first-order valence-corrected chi connectivity index (χ1v) is 4.73. The highest BCUT2D eigenvalue weighted by Crippen LogP contribution is 2.38. The number of carbonyl (C=O) groups excluding carboxylic acids is 2. The molecule has 0 aromatic rings. The molecule has 3 atom stereocenters. The van der Waals surface area contributed by atoms with Crippen LogP contribution in [-0.4, -0.2) is 24.6 Å². The van der Waals surface area contributed by atoms with E-state index < -0.39 is 0 Å². The smallest absolute Gasteiger partial charge is 0.334 e. The Morgan fingerprint density at radius 2 is 2.29 bits per heavy atom. The van der Waals surface area contributed by atoms with Crippen LogP contribution in [-0.2, 0) is 19.1 Å². The first-order valence-electron chi connectivity index (χ1n) is 4.73. The fourth-order valence-corrected chi connectivity index (χ4v) is 2.22. The van der Waals surface area contributed by atoms with Crippen molar-refractivity contribution in [2.45, 2.75) is 31.5 Å². The number of ether oxygens (including phenoxy) is 2. The van der Waals surface area contributed by atoms with Crippen LogP contribution in [0.1, 0.15) is 19.3 Å². The third kappa shape index (κ3) is 1.31. The molecule has 2 fully saturated rings. The van der Waals surface area contributed by atoms with Gasteiger partial charge in [-0.05, 0) is 19.3 Å². The molecule has 0 bridgehead atoms. The maximum Gasteiger partial charge on any atom is 0.334 e. The zero-order valence-corrected chi connectivity index (χ0v) is 7.77. The summed E-state index contributed by atoms with van der Waals surface area (Å²) in [5, 5.41) is 0. The van der Waals surface area contributed by atoms with Gasteiger partial charge in [0, 0.05) is 11.5 Å². The minimum atomic E-state index is -0.346. The van der Waals surface area contributed by atoms with Gasteiger partial charge in [-0.2, -0.15) is 0 Å². The second-order valence-corrected chi connectivity index (χ2v) is 3.70. The Kier molecular flexibility index (Phi) is 2.27. The Bertz CT molecular complexity index is 284. The highest BCUT2D eigenvalue weighted by Gasteiger charge is 2.46. The topological polar surface area (TPSA) is 52.6 Å². The molecule has 2 aliphatic rings. The lowest BCUT2D eigenvalue weighted by Crippen LogP contribution is -2.37. The summed E-state index contributed by atoms with van der Waals surface area (Å²) in [6.07, 6.45) is 2.02. The van der Waals surface area contributed by atoms with Crippen molar-refractivity contribution in [1.29, 1.82) is 0 Å². The zero-order chi connectivity index (χ0) is 10.1. The van der Waals surface area contributed by atoms with E-state index in [1.807, 2.05) is 0 Å². The average molecular weight is 196 g/mol. The van der Waals surface area contributed by atoms with Crippen LogP contribution in [0.2, 0.25) is 0 Å². The second-order valence-electron chi connectivity index (χ2n) is 3.70. The highest BCUT2D eigenvalue weighted by atomic mass is 16.6. The van der Waals surface area contributed by atoms with Gasteiger partial charge in [0.15, 0.2) is 0 Å². The largest absolute Gasteiger partial charge is 0.461 e. The molecule has 4 heteroatoms. The SMILES string of the molecule is C=C1C(=O)OC2C(OC=O)CCCC12. The summed E-state index contributed by atoms with van der Waals surface area (Å²) in [5.74, 6) is -0.303. The molecule has 0 aromatic carbocycles. The number of hydrogen-bond acceptors (Lipinski definition) is 4. The molecular weight excluding hydrogens is 184 g/mol. The van der Waals surface area contributed by atoms with Crippen LogP contribution in [0.5, 0.6) is 0 Å². The number of esters is 1. The molecule has 3 unspecified atom stereocenters. The molecule has 1 aliphatic heterocycles. The lowest BCUT2D eigenvalue weighted by Gasteiger charge is -2.29. The van der Waals surface area contributed by atoms with Gasteiger partial charge in [-0.3, -0.25) is 4.79 Å². The first kappa shape index (κ1) is 9.24. The molecule has 0 N–H and O–H groups in total. The monoisotopic (exact) mass is 196 g/mol. The van der Waals surface area contributed by atoms with E-state index in [0.717, 1.165) is 19.3 Å². The van der Waals surface area contributed by atoms with Crippen molar-refractivity contribution in [2.75, 3.05) is 0 Å². The summed E-state index contributed by atoms with van der Waals surface area (Å²) in [5.41, 5.74) is 0.522. The Morgan fingerprint density at radius 1 is 1.50 bits per heavy atom. The molecule has 1 saturated heterocycles. The van der Waals surface area contributed by atoms with E-state index in [0.29, 0.717) is 12.0 Å². The summed E-state index contributed by atoms with van der Waals surface area (Å²) in [4.78, 5) is 21.5. The Hall–Kier alpha value is -1.32. The number of fused-ring (bicyclic) bond motifs is 1. The van der Waals surface area contributed by atoms with Gasteiger partial charge in [0.25, 0.3) is 6.47 Å². The van der Waals surface area contributed by atoms with E-state index >= 15 is 0 Å². The van der Waals surface area contributed by atoms with Gasteiger partial charge in [0.2, 0.25) is 0 Å². The fourth-order valence-electron chi connectivity index (χ4n) is 2.22. The van der Waals surface area contributed by atoms with Crippen molar-refractivity contribution in [3.63, 3.8) is 0 Å². The lowest BCUT2D eigenvalue weighted by atomic mass is 9.82. The molecule has 0 radical (unpaired) electrons. The molecule has 1 saturated carbocycles. The Balaban J connectivity index is 2.15. The van der Waals surface area contributed by atoms with Crippen LogP contribution >= 0.6 is 0 Å². The molecule has 0 amide bonds. The van der Waals surface area contributed by atoms with Crippen LogP contribution in [0, 0.1) is 5.92 Å². The molecule has 76 valence electrons. The Labute approximate surface area is 81.9 Å². The van der Waals surface area contributed by atoms with Crippen molar-refractivity contribution >= 4 is 12.4 Å². The molecule has 2 rings (SSSR count). The summed E-state index contributed by atoms with van der Waals surface area (Å²) in [6.45, 7) is 4.11. The van der Waals surface area contributed by atoms with Crippen molar-refractivity contribution < 1.29 is 19.1 Å². The summed E-state index contributed by atoms with van der Waals surface area (Å²) >= 11 is 0. The molecule has 1 heterocycles. The number of rotatable bonds is 2. The Morgan fingerprint density at radius 3 is 3.00 bits per heavy atom. The van der Waals surface area contributed by atoms with Gasteiger partial charge in [-0.15, -0.1) is 0 Å². The van der Waals surface area contributed by atoms with Crippen LogP contribution in [0.15, 0.2) is 12.2 Å². The van der Waals surface area contributed by atoms with Gasteiger partial charge in [-0.25, -0.2) is 4.79 Å². The van der Waals surface area contributed by atoms with E-state index in [2.05, 4.69) is 6.58 Å². The van der Waals surface area contributed by atoms with Crippen LogP contribution < -0.4 is 0 Å². The first-order chi connectivity index (χ1) is 6.74. The van der Waals surface area contributed by atoms with E-state index in [4.69, 9.17) is 9.47 Å². The van der Waals surface area contributed by atoms with E-state index in [1.165, 1.54) is 0 Å².